The fourth-order valence-electron chi connectivity index (χ4n) is 9.13. The molecule has 3 fully saturated rings. The summed E-state index contributed by atoms with van der Waals surface area (Å²) in [6.45, 7) is 11.0. The van der Waals surface area contributed by atoms with Crippen LogP contribution in [0, 0.1) is 23.7 Å². The summed E-state index contributed by atoms with van der Waals surface area (Å²) in [6.07, 6.45) is 2.89. The Morgan fingerprint density at radius 1 is 0.964 bits per heavy atom. The van der Waals surface area contributed by atoms with Crippen molar-refractivity contribution in [3.8, 4) is 0 Å². The van der Waals surface area contributed by atoms with Gasteiger partial charge in [0.2, 0.25) is 5.79 Å². The normalized spacial score (nSPS) is 42.1. The topological polar surface area (TPSA) is 189 Å². The number of amides is 1. The minimum absolute atomic E-state index is 0.0226. The predicted octanol–water partition coefficient (Wildman–Crippen LogP) is 3.96. The summed E-state index contributed by atoms with van der Waals surface area (Å²) in [4.78, 5) is 57.4. The van der Waals surface area contributed by atoms with Crippen LogP contribution in [0.2, 0.25) is 0 Å². The smallest absolute Gasteiger partial charge is 0.329 e. The van der Waals surface area contributed by atoms with Gasteiger partial charge in [0, 0.05) is 44.9 Å². The third-order valence-corrected chi connectivity index (χ3v) is 12.6. The Balaban J connectivity index is 1.78. The molecule has 0 aromatic rings. The fourth-order valence-corrected chi connectivity index (χ4v) is 9.13. The third-order valence-electron chi connectivity index (χ3n) is 12.6. The number of aliphatic hydroxyl groups excluding tert-OH is 2. The third kappa shape index (κ3) is 10.7. The molecule has 312 valence electrons. The summed E-state index contributed by atoms with van der Waals surface area (Å²) >= 11 is 0. The predicted molar refractivity (Wildman–Crippen MR) is 203 cm³/mol. The number of Topliss-reactive ketones (excluding diaryl/α,β-unsaturated/α-hetero) is 2. The van der Waals surface area contributed by atoms with Crippen LogP contribution >= 0.6 is 0 Å². The van der Waals surface area contributed by atoms with Crippen molar-refractivity contribution in [1.29, 1.82) is 0 Å². The maximum atomic E-state index is 14.2. The van der Waals surface area contributed by atoms with Crippen molar-refractivity contribution in [3.63, 3.8) is 0 Å². The van der Waals surface area contributed by atoms with E-state index in [-0.39, 0.29) is 50.4 Å². The fraction of sp³-hybridized carbons (Fsp3) is 0.810. The lowest BCUT2D eigenvalue weighted by Gasteiger charge is -2.47. The van der Waals surface area contributed by atoms with Gasteiger partial charge in [0.1, 0.15) is 24.0 Å². The lowest BCUT2D eigenvalue weighted by atomic mass is 9.80. The summed E-state index contributed by atoms with van der Waals surface area (Å²) < 4.78 is 24.1. The van der Waals surface area contributed by atoms with Crippen LogP contribution in [0.3, 0.4) is 0 Å². The van der Waals surface area contributed by atoms with Gasteiger partial charge in [0.05, 0.1) is 30.0 Å². The molecular weight excluding hydrogens is 710 g/mol. The van der Waals surface area contributed by atoms with Crippen LogP contribution in [0.25, 0.3) is 0 Å². The molecule has 3 aliphatic heterocycles. The maximum Gasteiger partial charge on any atom is 0.329 e. The molecule has 1 amide bonds. The zero-order valence-electron chi connectivity index (χ0n) is 34.2. The van der Waals surface area contributed by atoms with E-state index >= 15 is 0 Å². The van der Waals surface area contributed by atoms with Gasteiger partial charge in [-0.3, -0.25) is 14.4 Å². The number of cyclic esters (lactones) is 1. The molecule has 0 aromatic carbocycles. The van der Waals surface area contributed by atoms with Crippen molar-refractivity contribution in [3.05, 3.63) is 23.3 Å². The van der Waals surface area contributed by atoms with Gasteiger partial charge in [-0.1, -0.05) is 45.4 Å². The van der Waals surface area contributed by atoms with Gasteiger partial charge < -0.3 is 44.3 Å². The van der Waals surface area contributed by atoms with E-state index in [1.165, 1.54) is 14.2 Å². The number of carbonyl (C=O) groups excluding carboxylic acids is 4. The highest BCUT2D eigenvalue weighted by atomic mass is 16.7. The lowest BCUT2D eigenvalue weighted by molar-refractivity contribution is -0.302. The van der Waals surface area contributed by atoms with Gasteiger partial charge in [0.25, 0.3) is 11.7 Å². The lowest BCUT2D eigenvalue weighted by Crippen LogP contribution is -2.64. The SMILES string of the molecule is CCC1/C=C(\C)CC(C)CC(OC)C2OC(O)(C(=O)C(=O)N3CCCCC3C(=O)OC(C(C)=CC3(O)CCC(O)CC3)C(C)C(O)CC1=O)C(C)CC2OC. The van der Waals surface area contributed by atoms with Crippen molar-refractivity contribution < 1.29 is 58.6 Å². The molecule has 0 aromatic heterocycles. The Bertz CT molecular complexity index is 1420. The number of esters is 1. The molecule has 4 aliphatic rings. The van der Waals surface area contributed by atoms with Crippen molar-refractivity contribution in [2.24, 2.45) is 23.7 Å². The van der Waals surface area contributed by atoms with E-state index in [4.69, 9.17) is 18.9 Å². The number of rotatable bonds is 5. The second kappa shape index (κ2) is 19.3. The average molecular weight is 778 g/mol. The Hall–Kier alpha value is -2.52. The number of hydrogen-bond acceptors (Lipinski definition) is 12. The van der Waals surface area contributed by atoms with Gasteiger partial charge in [-0.2, -0.15) is 0 Å². The zero-order chi connectivity index (χ0) is 40.8. The summed E-state index contributed by atoms with van der Waals surface area (Å²) in [5.41, 5.74) is 0.150. The number of hydrogen-bond donors (Lipinski definition) is 4. The number of nitrogens with zero attached hydrogens (tertiary/aromatic N) is 1. The van der Waals surface area contributed by atoms with E-state index in [1.54, 1.807) is 26.8 Å². The number of methoxy groups -OCH3 is 2. The van der Waals surface area contributed by atoms with Crippen LogP contribution < -0.4 is 0 Å². The van der Waals surface area contributed by atoms with Crippen molar-refractivity contribution in [2.45, 2.75) is 173 Å². The minimum atomic E-state index is -2.52. The van der Waals surface area contributed by atoms with Crippen LogP contribution in [-0.4, -0.2) is 124 Å². The van der Waals surface area contributed by atoms with Crippen molar-refractivity contribution in [2.75, 3.05) is 20.8 Å². The average Bonchev–Trinajstić information content (AvgIpc) is 3.15. The van der Waals surface area contributed by atoms with E-state index in [9.17, 15) is 39.6 Å². The van der Waals surface area contributed by atoms with Gasteiger partial charge in [0.15, 0.2) is 0 Å². The molecule has 4 N–H and O–H groups in total. The highest BCUT2D eigenvalue weighted by Crippen LogP contribution is 2.39. The molecule has 4 rings (SSSR count). The number of fused-ring (bicyclic) bond motifs is 3. The van der Waals surface area contributed by atoms with Crippen LogP contribution in [-0.2, 0) is 38.1 Å². The summed E-state index contributed by atoms with van der Waals surface area (Å²) in [6, 6.07) is -1.18. The van der Waals surface area contributed by atoms with E-state index in [2.05, 4.69) is 0 Å². The van der Waals surface area contributed by atoms with Gasteiger partial charge in [-0.25, -0.2) is 4.79 Å². The highest BCUT2D eigenvalue weighted by Gasteiger charge is 2.56. The first-order valence-electron chi connectivity index (χ1n) is 20.4. The Kier molecular flexibility index (Phi) is 15.8. The second-order valence-electron chi connectivity index (χ2n) is 17.1. The van der Waals surface area contributed by atoms with E-state index in [0.717, 1.165) is 10.5 Å². The number of carbonyl (C=O) groups is 4. The first kappa shape index (κ1) is 45.2. The molecule has 3 heterocycles. The number of ether oxygens (including phenoxy) is 4. The number of aliphatic hydroxyl groups is 4. The molecular formula is C42H67NO12. The van der Waals surface area contributed by atoms with Crippen molar-refractivity contribution >= 4 is 23.4 Å². The molecule has 2 bridgehead atoms. The van der Waals surface area contributed by atoms with Crippen LogP contribution in [0.5, 0.6) is 0 Å². The van der Waals surface area contributed by atoms with Crippen LogP contribution in [0.1, 0.15) is 119 Å². The molecule has 11 unspecified atom stereocenters. The Morgan fingerprint density at radius 2 is 1.60 bits per heavy atom. The Labute approximate surface area is 326 Å². The Morgan fingerprint density at radius 3 is 2.22 bits per heavy atom. The van der Waals surface area contributed by atoms with E-state index in [0.29, 0.717) is 50.5 Å². The molecule has 1 saturated carbocycles. The molecule has 0 spiro atoms. The molecule has 55 heavy (non-hydrogen) atoms. The monoisotopic (exact) mass is 777 g/mol. The number of ketones is 2. The van der Waals surface area contributed by atoms with E-state index < -0.39 is 89.5 Å². The van der Waals surface area contributed by atoms with Crippen molar-refractivity contribution in [1.82, 2.24) is 4.90 Å². The number of allylic oxidation sites excluding steroid dienone is 2. The largest absolute Gasteiger partial charge is 0.456 e. The second-order valence-corrected chi connectivity index (χ2v) is 17.1. The molecule has 2 saturated heterocycles. The first-order valence-corrected chi connectivity index (χ1v) is 20.4. The standard InChI is InChI=1S/C42H67NO12/c1-9-29-19-24(2)18-25(3)20-34(52-7)37-35(53-8)21-27(5)42(51,55-37)38(47)39(48)43-17-11-10-12-31(43)40(49)54-36(28(6)32(45)22-33(29)46)26(4)23-41(50)15-13-30(44)14-16-41/h19,23,25,27-32,34-37,44-45,50-51H,9-18,20-22H2,1-8H3/b24-19+,26-23?. The van der Waals surface area contributed by atoms with Crippen LogP contribution in [0.4, 0.5) is 0 Å². The summed E-state index contributed by atoms with van der Waals surface area (Å²) in [5, 5.41) is 45.1. The molecule has 13 nitrogen and oxygen atoms in total. The highest BCUT2D eigenvalue weighted by molar-refractivity contribution is 6.39. The summed E-state index contributed by atoms with van der Waals surface area (Å²) in [5.74, 6) is -7.81. The molecule has 0 radical (unpaired) electrons. The zero-order valence-corrected chi connectivity index (χ0v) is 34.2. The summed E-state index contributed by atoms with van der Waals surface area (Å²) in [7, 11) is 3.04. The molecule has 11 atom stereocenters. The molecule has 13 heteroatoms. The van der Waals surface area contributed by atoms with E-state index in [1.807, 2.05) is 26.8 Å². The minimum Gasteiger partial charge on any atom is -0.456 e. The van der Waals surface area contributed by atoms with Gasteiger partial charge in [-0.15, -0.1) is 0 Å². The van der Waals surface area contributed by atoms with Gasteiger partial charge >= 0.3 is 5.97 Å². The van der Waals surface area contributed by atoms with Gasteiger partial charge in [-0.05, 0) is 96.0 Å². The number of piperidine rings is 1. The first-order chi connectivity index (χ1) is 25.9. The molecule has 1 aliphatic carbocycles. The maximum absolute atomic E-state index is 14.2. The quantitative estimate of drug-likeness (QED) is 0.179. The van der Waals surface area contributed by atoms with Crippen LogP contribution in [0.15, 0.2) is 23.3 Å².